The molecule has 7 aromatic carbocycles. The Labute approximate surface area is 294 Å². The number of fused-ring (bicyclic) bond motifs is 7. The molecule has 0 radical (unpaired) electrons. The maximum Gasteiger partial charge on any atom is 0.164 e. The lowest BCUT2D eigenvalue weighted by Crippen LogP contribution is -2.15. The molecular weight excluding hydrogens is 627 g/mol. The minimum absolute atomic E-state index is 0.121. The lowest BCUT2D eigenvalue weighted by molar-refractivity contribution is 0.660. The Morgan fingerprint density at radius 1 is 0.440 bits per heavy atom. The second-order valence-electron chi connectivity index (χ2n) is 13.6. The third kappa shape index (κ3) is 4.45. The van der Waals surface area contributed by atoms with Gasteiger partial charge in [-0.1, -0.05) is 141 Å². The molecule has 0 spiro atoms. The van der Waals surface area contributed by atoms with E-state index >= 15 is 0 Å². The van der Waals surface area contributed by atoms with Crippen LogP contribution >= 0.6 is 11.3 Å². The van der Waals surface area contributed by atoms with E-state index in [0.29, 0.717) is 17.5 Å². The summed E-state index contributed by atoms with van der Waals surface area (Å²) in [6.07, 6.45) is 0. The van der Waals surface area contributed by atoms with Gasteiger partial charge in [0, 0.05) is 42.3 Å². The van der Waals surface area contributed by atoms with Gasteiger partial charge in [-0.15, -0.1) is 11.3 Å². The quantitative estimate of drug-likeness (QED) is 0.189. The van der Waals surface area contributed by atoms with Crippen molar-refractivity contribution in [1.29, 1.82) is 0 Å². The van der Waals surface area contributed by atoms with Crippen LogP contribution in [-0.2, 0) is 5.41 Å². The van der Waals surface area contributed by atoms with Gasteiger partial charge in [0.05, 0.1) is 0 Å². The summed E-state index contributed by atoms with van der Waals surface area (Å²) in [6.45, 7) is 4.62. The number of rotatable bonds is 4. The van der Waals surface area contributed by atoms with Crippen molar-refractivity contribution < 1.29 is 0 Å². The van der Waals surface area contributed by atoms with E-state index in [1.165, 1.54) is 58.8 Å². The van der Waals surface area contributed by atoms with Crippen molar-refractivity contribution in [3.63, 3.8) is 0 Å². The van der Waals surface area contributed by atoms with Crippen molar-refractivity contribution in [2.45, 2.75) is 19.3 Å². The molecule has 3 nitrogen and oxygen atoms in total. The summed E-state index contributed by atoms with van der Waals surface area (Å²) in [4.78, 5) is 15.4. The molecule has 9 aromatic rings. The summed E-state index contributed by atoms with van der Waals surface area (Å²) in [5, 5.41) is 5.06. The molecule has 0 aliphatic heterocycles. The molecule has 2 heterocycles. The SMILES string of the molecule is CC1(C)c2ccccc2-c2ccc(-c3nc(-c4ccccc4)nc(-c4cccc(-c5c6ccccc6cc6sc7ccccc7c56)c4)n3)cc21. The molecule has 236 valence electrons. The van der Waals surface area contributed by atoms with Gasteiger partial charge in [-0.2, -0.15) is 0 Å². The van der Waals surface area contributed by atoms with Gasteiger partial charge < -0.3 is 0 Å². The van der Waals surface area contributed by atoms with Crippen molar-refractivity contribution in [3.05, 3.63) is 163 Å². The zero-order valence-corrected chi connectivity index (χ0v) is 28.5. The van der Waals surface area contributed by atoms with Crippen molar-refractivity contribution >= 4 is 42.3 Å². The first-order valence-electron chi connectivity index (χ1n) is 17.0. The van der Waals surface area contributed by atoms with E-state index in [1.807, 2.05) is 29.5 Å². The van der Waals surface area contributed by atoms with E-state index in [2.05, 4.69) is 147 Å². The zero-order valence-electron chi connectivity index (χ0n) is 27.7. The highest BCUT2D eigenvalue weighted by atomic mass is 32.1. The molecule has 0 unspecified atom stereocenters. The standard InChI is InChI=1S/C46H31N3S/c1-46(2)37-21-10-8-19-34(37)35-24-23-32(26-38(35)46)45-48-43(28-13-4-3-5-14-28)47-44(49-45)31-17-12-16-30(25-31)41-33-18-7-6-15-29(33)27-40-42(41)36-20-9-11-22-39(36)50-40/h3-27H,1-2H3. The second-order valence-corrected chi connectivity index (χ2v) is 14.7. The molecular formula is C46H31N3S. The molecule has 10 rings (SSSR count). The zero-order chi connectivity index (χ0) is 33.4. The van der Waals surface area contributed by atoms with Crippen LogP contribution in [0.4, 0.5) is 0 Å². The summed E-state index contributed by atoms with van der Waals surface area (Å²) in [5.74, 6) is 1.99. The molecule has 0 fully saturated rings. The molecule has 0 amide bonds. The van der Waals surface area contributed by atoms with Crippen LogP contribution < -0.4 is 0 Å². The number of aromatic nitrogens is 3. The van der Waals surface area contributed by atoms with E-state index in [-0.39, 0.29) is 5.41 Å². The van der Waals surface area contributed by atoms with Gasteiger partial charge in [0.25, 0.3) is 0 Å². The Kier molecular flexibility index (Phi) is 6.39. The Morgan fingerprint density at radius 3 is 1.90 bits per heavy atom. The molecule has 0 bridgehead atoms. The highest BCUT2D eigenvalue weighted by Crippen LogP contribution is 2.49. The van der Waals surface area contributed by atoms with Crippen LogP contribution in [0.5, 0.6) is 0 Å². The van der Waals surface area contributed by atoms with E-state index in [1.54, 1.807) is 0 Å². The molecule has 2 aromatic heterocycles. The van der Waals surface area contributed by atoms with Crippen LogP contribution in [0.1, 0.15) is 25.0 Å². The van der Waals surface area contributed by atoms with Gasteiger partial charge in [-0.05, 0) is 68.4 Å². The minimum atomic E-state index is -0.121. The molecule has 0 N–H and O–H groups in total. The summed E-state index contributed by atoms with van der Waals surface area (Å²) >= 11 is 1.86. The molecule has 4 heteroatoms. The Hall–Kier alpha value is -5.97. The smallest absolute Gasteiger partial charge is 0.164 e. The summed E-state index contributed by atoms with van der Waals surface area (Å²) in [6, 6.07) is 54.2. The Morgan fingerprint density at radius 2 is 1.06 bits per heavy atom. The van der Waals surface area contributed by atoms with Gasteiger partial charge >= 0.3 is 0 Å². The lowest BCUT2D eigenvalue weighted by Gasteiger charge is -2.21. The molecule has 1 aliphatic carbocycles. The van der Waals surface area contributed by atoms with Crippen LogP contribution in [0.2, 0.25) is 0 Å². The Bertz CT molecular complexity index is 2790. The maximum absolute atomic E-state index is 5.20. The van der Waals surface area contributed by atoms with Crippen LogP contribution in [0.25, 0.3) is 87.4 Å². The fourth-order valence-corrected chi connectivity index (χ4v) is 9.02. The summed E-state index contributed by atoms with van der Waals surface area (Å²) in [5.41, 5.74) is 10.4. The molecule has 50 heavy (non-hydrogen) atoms. The van der Waals surface area contributed by atoms with Crippen molar-refractivity contribution in [2.24, 2.45) is 0 Å². The van der Waals surface area contributed by atoms with Gasteiger partial charge in [0.2, 0.25) is 0 Å². The second kappa shape index (κ2) is 11.0. The van der Waals surface area contributed by atoms with E-state index in [4.69, 9.17) is 15.0 Å². The average molecular weight is 658 g/mol. The first kappa shape index (κ1) is 29.0. The van der Waals surface area contributed by atoms with Crippen molar-refractivity contribution in [3.8, 4) is 56.4 Å². The highest BCUT2D eigenvalue weighted by Gasteiger charge is 2.35. The number of hydrogen-bond donors (Lipinski definition) is 0. The predicted octanol–water partition coefficient (Wildman–Crippen LogP) is 12.4. The van der Waals surface area contributed by atoms with Crippen LogP contribution in [0.3, 0.4) is 0 Å². The van der Waals surface area contributed by atoms with Gasteiger partial charge in [0.15, 0.2) is 17.5 Å². The topological polar surface area (TPSA) is 38.7 Å². The predicted molar refractivity (Wildman–Crippen MR) is 210 cm³/mol. The van der Waals surface area contributed by atoms with Crippen LogP contribution in [-0.4, -0.2) is 15.0 Å². The van der Waals surface area contributed by atoms with E-state index in [9.17, 15) is 0 Å². The van der Waals surface area contributed by atoms with E-state index in [0.717, 1.165) is 22.3 Å². The first-order chi connectivity index (χ1) is 24.5. The summed E-state index contributed by atoms with van der Waals surface area (Å²) in [7, 11) is 0. The number of benzene rings is 7. The van der Waals surface area contributed by atoms with Crippen LogP contribution in [0.15, 0.2) is 152 Å². The maximum atomic E-state index is 5.20. The lowest BCUT2D eigenvalue weighted by atomic mass is 9.82. The highest BCUT2D eigenvalue weighted by molar-refractivity contribution is 7.26. The van der Waals surface area contributed by atoms with Crippen LogP contribution in [0, 0.1) is 0 Å². The first-order valence-corrected chi connectivity index (χ1v) is 17.8. The minimum Gasteiger partial charge on any atom is -0.208 e. The van der Waals surface area contributed by atoms with E-state index < -0.39 is 0 Å². The normalized spacial score (nSPS) is 13.2. The van der Waals surface area contributed by atoms with Crippen molar-refractivity contribution in [1.82, 2.24) is 15.0 Å². The molecule has 1 aliphatic rings. The molecule has 0 saturated heterocycles. The molecule has 0 atom stereocenters. The molecule has 0 saturated carbocycles. The third-order valence-electron chi connectivity index (χ3n) is 10.3. The largest absolute Gasteiger partial charge is 0.208 e. The fourth-order valence-electron chi connectivity index (χ4n) is 7.86. The number of hydrogen-bond acceptors (Lipinski definition) is 4. The van der Waals surface area contributed by atoms with Gasteiger partial charge in [0.1, 0.15) is 0 Å². The Balaban J connectivity index is 1.18. The number of nitrogens with zero attached hydrogens (tertiary/aromatic N) is 3. The summed E-state index contributed by atoms with van der Waals surface area (Å²) < 4.78 is 2.59. The third-order valence-corrected chi connectivity index (χ3v) is 11.4. The fraction of sp³-hybridized carbons (Fsp3) is 0.0652. The van der Waals surface area contributed by atoms with Gasteiger partial charge in [-0.25, -0.2) is 15.0 Å². The monoisotopic (exact) mass is 657 g/mol. The van der Waals surface area contributed by atoms with Gasteiger partial charge in [-0.3, -0.25) is 0 Å². The van der Waals surface area contributed by atoms with Crippen molar-refractivity contribution in [2.75, 3.05) is 0 Å². The number of thiophene rings is 1. The average Bonchev–Trinajstić information content (AvgIpc) is 3.65.